The van der Waals surface area contributed by atoms with Crippen molar-refractivity contribution in [3.8, 4) is 0 Å². The van der Waals surface area contributed by atoms with Gasteiger partial charge in [-0.15, -0.1) is 0 Å². The molecule has 1 atom stereocenters. The molecule has 1 aliphatic carbocycles. The van der Waals surface area contributed by atoms with E-state index in [0.29, 0.717) is 11.1 Å². The lowest BCUT2D eigenvalue weighted by atomic mass is 10.1. The predicted octanol–water partition coefficient (Wildman–Crippen LogP) is 2.25. The highest BCUT2D eigenvalue weighted by Crippen LogP contribution is 2.26. The van der Waals surface area contributed by atoms with Crippen molar-refractivity contribution < 1.29 is 23.9 Å². The summed E-state index contributed by atoms with van der Waals surface area (Å²) in [6.07, 6.45) is 3.98. The van der Waals surface area contributed by atoms with E-state index in [4.69, 9.17) is 4.74 Å². The number of methoxy groups -OCH3 is 1. The number of imide groups is 1. The molecule has 7 nitrogen and oxygen atoms in total. The number of amides is 3. The third kappa shape index (κ3) is 3.93. The van der Waals surface area contributed by atoms with Crippen molar-refractivity contribution in [2.45, 2.75) is 45.1 Å². The minimum absolute atomic E-state index is 0.0427. The minimum atomic E-state index is -0.422. The zero-order chi connectivity index (χ0) is 20.3. The molecule has 0 aromatic heterocycles. The number of ether oxygens (including phenoxy) is 1. The molecule has 1 fully saturated rings. The van der Waals surface area contributed by atoms with Gasteiger partial charge in [0.25, 0.3) is 11.8 Å². The fraction of sp³-hybridized carbons (Fsp3) is 0.524. The van der Waals surface area contributed by atoms with Gasteiger partial charge in [0.1, 0.15) is 0 Å². The highest BCUT2D eigenvalue weighted by Gasteiger charge is 2.36. The van der Waals surface area contributed by atoms with Gasteiger partial charge in [-0.05, 0) is 25.0 Å². The first-order valence-electron chi connectivity index (χ1n) is 9.76. The van der Waals surface area contributed by atoms with Gasteiger partial charge >= 0.3 is 5.97 Å². The van der Waals surface area contributed by atoms with Crippen LogP contribution in [0.2, 0.25) is 0 Å². The number of carbonyl (C=O) groups excluding carboxylic acids is 4. The molecule has 0 saturated heterocycles. The molecule has 1 saturated carbocycles. The van der Waals surface area contributed by atoms with Crippen molar-refractivity contribution in [2.75, 3.05) is 20.2 Å². The quantitative estimate of drug-likeness (QED) is 0.530. The fourth-order valence-electron chi connectivity index (χ4n) is 4.03. The standard InChI is InChI=1S/C21H26N2O5/c1-14(21(27)28-2)13-23(15-7-3-4-8-15)18(24)11-12-22-19(25)16-9-5-6-10-17(16)20(22)26/h5-6,9-10,14-15H,3-4,7-8,11-13H2,1-2H3. The molecule has 1 unspecified atom stereocenters. The van der Waals surface area contributed by atoms with Crippen molar-refractivity contribution in [1.82, 2.24) is 9.80 Å². The van der Waals surface area contributed by atoms with Crippen LogP contribution in [-0.4, -0.2) is 59.7 Å². The van der Waals surface area contributed by atoms with Gasteiger partial charge in [0.2, 0.25) is 5.91 Å². The van der Waals surface area contributed by atoms with Crippen molar-refractivity contribution in [2.24, 2.45) is 5.92 Å². The van der Waals surface area contributed by atoms with Gasteiger partial charge in [-0.25, -0.2) is 0 Å². The van der Waals surface area contributed by atoms with Crippen molar-refractivity contribution in [3.05, 3.63) is 35.4 Å². The van der Waals surface area contributed by atoms with Crippen LogP contribution in [0.25, 0.3) is 0 Å². The second-order valence-corrected chi connectivity index (χ2v) is 7.47. The summed E-state index contributed by atoms with van der Waals surface area (Å²) in [6, 6.07) is 6.78. The third-order valence-electron chi connectivity index (χ3n) is 5.59. The van der Waals surface area contributed by atoms with Gasteiger partial charge < -0.3 is 9.64 Å². The second kappa shape index (κ2) is 8.54. The molecule has 0 N–H and O–H groups in total. The van der Waals surface area contributed by atoms with E-state index < -0.39 is 5.92 Å². The van der Waals surface area contributed by atoms with Gasteiger partial charge in [0, 0.05) is 25.6 Å². The molecule has 0 bridgehead atoms. The Morgan fingerprint density at radius 2 is 1.71 bits per heavy atom. The largest absolute Gasteiger partial charge is 0.469 e. The molecule has 0 spiro atoms. The summed E-state index contributed by atoms with van der Waals surface area (Å²) in [5.74, 6) is -1.63. The van der Waals surface area contributed by atoms with Crippen LogP contribution < -0.4 is 0 Å². The lowest BCUT2D eigenvalue weighted by molar-refractivity contribution is -0.147. The van der Waals surface area contributed by atoms with Crippen LogP contribution in [0.3, 0.4) is 0 Å². The number of rotatable bonds is 7. The highest BCUT2D eigenvalue weighted by molar-refractivity contribution is 6.21. The Balaban J connectivity index is 1.66. The molecule has 3 rings (SSSR count). The third-order valence-corrected chi connectivity index (χ3v) is 5.59. The summed E-state index contributed by atoms with van der Waals surface area (Å²) in [4.78, 5) is 52.6. The minimum Gasteiger partial charge on any atom is -0.469 e. The number of carbonyl (C=O) groups is 4. The van der Waals surface area contributed by atoms with Gasteiger partial charge in [-0.2, -0.15) is 0 Å². The first-order chi connectivity index (χ1) is 13.4. The zero-order valence-corrected chi connectivity index (χ0v) is 16.3. The normalized spacial score (nSPS) is 17.6. The Bertz CT molecular complexity index is 750. The van der Waals surface area contributed by atoms with E-state index in [1.54, 1.807) is 36.1 Å². The zero-order valence-electron chi connectivity index (χ0n) is 16.3. The first kappa shape index (κ1) is 20.0. The summed E-state index contributed by atoms with van der Waals surface area (Å²) < 4.78 is 4.79. The van der Waals surface area contributed by atoms with Crippen LogP contribution >= 0.6 is 0 Å². The van der Waals surface area contributed by atoms with Crippen molar-refractivity contribution in [3.63, 3.8) is 0 Å². The van der Waals surface area contributed by atoms with Crippen LogP contribution in [0.5, 0.6) is 0 Å². The summed E-state index contributed by atoms with van der Waals surface area (Å²) in [6.45, 7) is 2.07. The first-order valence-corrected chi connectivity index (χ1v) is 9.76. The molecular weight excluding hydrogens is 360 g/mol. The summed E-state index contributed by atoms with van der Waals surface area (Å²) in [7, 11) is 1.34. The monoisotopic (exact) mass is 386 g/mol. The van der Waals surface area contributed by atoms with Crippen molar-refractivity contribution in [1.29, 1.82) is 0 Å². The molecule has 7 heteroatoms. The van der Waals surface area contributed by atoms with Crippen LogP contribution in [0.1, 0.15) is 59.7 Å². The number of nitrogens with zero attached hydrogens (tertiary/aromatic N) is 2. The molecule has 1 aromatic carbocycles. The van der Waals surface area contributed by atoms with Gasteiger partial charge in [0.05, 0.1) is 24.2 Å². The van der Waals surface area contributed by atoms with E-state index in [9.17, 15) is 19.2 Å². The van der Waals surface area contributed by atoms with Gasteiger partial charge in [0.15, 0.2) is 0 Å². The predicted molar refractivity (Wildman–Crippen MR) is 102 cm³/mol. The Morgan fingerprint density at radius 3 is 2.25 bits per heavy atom. The molecule has 2 aliphatic rings. The van der Waals surface area contributed by atoms with E-state index in [-0.39, 0.29) is 49.2 Å². The highest BCUT2D eigenvalue weighted by atomic mass is 16.5. The average Bonchev–Trinajstić information content (AvgIpc) is 3.32. The average molecular weight is 386 g/mol. The molecule has 1 heterocycles. The Kier molecular flexibility index (Phi) is 6.11. The lowest BCUT2D eigenvalue weighted by Crippen LogP contribution is -2.44. The van der Waals surface area contributed by atoms with E-state index >= 15 is 0 Å². The summed E-state index contributed by atoms with van der Waals surface area (Å²) in [5, 5.41) is 0. The Hall–Kier alpha value is -2.70. The van der Waals surface area contributed by atoms with Crippen LogP contribution in [0, 0.1) is 5.92 Å². The molecular formula is C21H26N2O5. The van der Waals surface area contributed by atoms with E-state index in [2.05, 4.69) is 0 Å². The Morgan fingerprint density at radius 1 is 1.14 bits per heavy atom. The topological polar surface area (TPSA) is 84.0 Å². The second-order valence-electron chi connectivity index (χ2n) is 7.47. The lowest BCUT2D eigenvalue weighted by Gasteiger charge is -2.31. The maximum Gasteiger partial charge on any atom is 0.310 e. The molecule has 1 aromatic rings. The number of fused-ring (bicyclic) bond motifs is 1. The van der Waals surface area contributed by atoms with Gasteiger partial charge in [-0.1, -0.05) is 31.9 Å². The number of hydrogen-bond acceptors (Lipinski definition) is 5. The number of hydrogen-bond donors (Lipinski definition) is 0. The molecule has 3 amide bonds. The maximum atomic E-state index is 12.9. The van der Waals surface area contributed by atoms with Crippen molar-refractivity contribution >= 4 is 23.7 Å². The van der Waals surface area contributed by atoms with E-state index in [0.717, 1.165) is 30.6 Å². The molecule has 1 aliphatic heterocycles. The number of esters is 1. The summed E-state index contributed by atoms with van der Waals surface area (Å²) in [5.41, 5.74) is 0.763. The van der Waals surface area contributed by atoms with Gasteiger partial charge in [-0.3, -0.25) is 24.1 Å². The molecule has 0 radical (unpaired) electrons. The van der Waals surface area contributed by atoms with E-state index in [1.807, 2.05) is 0 Å². The maximum absolute atomic E-state index is 12.9. The molecule has 150 valence electrons. The SMILES string of the molecule is COC(=O)C(C)CN(C(=O)CCN1C(=O)c2ccccc2C1=O)C1CCCC1. The fourth-order valence-corrected chi connectivity index (χ4v) is 4.03. The van der Waals surface area contributed by atoms with Crippen LogP contribution in [-0.2, 0) is 14.3 Å². The van der Waals surface area contributed by atoms with Crippen LogP contribution in [0.4, 0.5) is 0 Å². The Labute approximate surface area is 164 Å². The summed E-state index contributed by atoms with van der Waals surface area (Å²) >= 11 is 0. The van der Waals surface area contributed by atoms with E-state index in [1.165, 1.54) is 7.11 Å². The smallest absolute Gasteiger partial charge is 0.310 e. The number of benzene rings is 1. The molecule has 28 heavy (non-hydrogen) atoms. The van der Waals surface area contributed by atoms with Crippen LogP contribution in [0.15, 0.2) is 24.3 Å².